The topological polar surface area (TPSA) is 29.3 Å². The summed E-state index contributed by atoms with van der Waals surface area (Å²) in [5.41, 5.74) is 2.46. The number of thioether (sulfide) groups is 1. The summed E-state index contributed by atoms with van der Waals surface area (Å²) in [6.07, 6.45) is 5.16. The Bertz CT molecular complexity index is 481. The number of nitrogens with one attached hydrogen (secondary N) is 1. The number of fused-ring (bicyclic) bond motifs is 1. The molecule has 0 aliphatic carbocycles. The van der Waals surface area contributed by atoms with Crippen molar-refractivity contribution in [3.63, 3.8) is 0 Å². The summed E-state index contributed by atoms with van der Waals surface area (Å²) < 4.78 is 1.93. The Hall–Kier alpha value is -1.00. The highest BCUT2D eigenvalue weighted by Crippen LogP contribution is 2.10. The summed E-state index contributed by atoms with van der Waals surface area (Å²) in [6.45, 7) is 5.36. The van der Waals surface area contributed by atoms with Crippen molar-refractivity contribution >= 4 is 17.3 Å². The lowest BCUT2D eigenvalue weighted by Gasteiger charge is -2.12. The average Bonchev–Trinajstić information content (AvgIpc) is 2.80. The minimum absolute atomic E-state index is 0.558. The highest BCUT2D eigenvalue weighted by molar-refractivity contribution is 7.99. The fourth-order valence-corrected chi connectivity index (χ4v) is 2.72. The van der Waals surface area contributed by atoms with Gasteiger partial charge in [0.2, 0.25) is 0 Å². The largest absolute Gasteiger partial charge is 0.310 e. The van der Waals surface area contributed by atoms with Gasteiger partial charge in [0.25, 0.3) is 0 Å². The van der Waals surface area contributed by atoms with Crippen LogP contribution in [0.15, 0.2) is 30.6 Å². The molecule has 4 heteroatoms. The maximum atomic E-state index is 4.34. The summed E-state index contributed by atoms with van der Waals surface area (Å²) in [6, 6.07) is 6.73. The Morgan fingerprint density at radius 2 is 2.33 bits per heavy atom. The van der Waals surface area contributed by atoms with Gasteiger partial charge in [-0.25, -0.2) is 4.52 Å². The number of hydrogen-bond donors (Lipinski definition) is 1. The first kappa shape index (κ1) is 13.4. The van der Waals surface area contributed by atoms with Crippen LogP contribution < -0.4 is 5.32 Å². The number of pyridine rings is 1. The fraction of sp³-hybridized carbons (Fsp3) is 0.500. The summed E-state index contributed by atoms with van der Waals surface area (Å²) in [5, 5.41) is 7.91. The van der Waals surface area contributed by atoms with Crippen molar-refractivity contribution in [1.29, 1.82) is 0 Å². The van der Waals surface area contributed by atoms with Crippen LogP contribution in [0.25, 0.3) is 5.52 Å². The van der Waals surface area contributed by atoms with Crippen LogP contribution in [-0.2, 0) is 6.54 Å². The summed E-state index contributed by atoms with van der Waals surface area (Å²) in [7, 11) is 0. The summed E-state index contributed by atoms with van der Waals surface area (Å²) in [5.74, 6) is 2.44. The molecule has 1 unspecified atom stereocenters. The minimum atomic E-state index is 0.558. The molecule has 0 saturated carbocycles. The minimum Gasteiger partial charge on any atom is -0.310 e. The number of rotatable bonds is 7. The highest BCUT2D eigenvalue weighted by atomic mass is 32.2. The van der Waals surface area contributed by atoms with Gasteiger partial charge in [-0.3, -0.25) is 0 Å². The summed E-state index contributed by atoms with van der Waals surface area (Å²) in [4.78, 5) is 0. The average molecular weight is 263 g/mol. The molecule has 18 heavy (non-hydrogen) atoms. The van der Waals surface area contributed by atoms with Crippen molar-refractivity contribution in [3.8, 4) is 0 Å². The van der Waals surface area contributed by atoms with E-state index in [2.05, 4.69) is 36.4 Å². The van der Waals surface area contributed by atoms with Crippen LogP contribution in [0, 0.1) is 0 Å². The molecular weight excluding hydrogens is 242 g/mol. The predicted octanol–water partition coefficient (Wildman–Crippen LogP) is 2.96. The third-order valence-electron chi connectivity index (χ3n) is 3.05. The van der Waals surface area contributed by atoms with Gasteiger partial charge in [-0.2, -0.15) is 16.9 Å². The standard InChI is InChI=1S/C14H21N3S/c1-3-18-9-7-12(2)15-10-13-11-16-17-8-5-4-6-14(13)17/h4-6,8,11-12,15H,3,7,9-10H2,1-2H3. The van der Waals surface area contributed by atoms with Gasteiger partial charge < -0.3 is 5.32 Å². The molecule has 0 aliphatic heterocycles. The monoisotopic (exact) mass is 263 g/mol. The Kier molecular flexibility index (Phi) is 5.08. The second kappa shape index (κ2) is 6.81. The molecule has 1 atom stereocenters. The molecule has 0 aromatic carbocycles. The lowest BCUT2D eigenvalue weighted by Crippen LogP contribution is -2.25. The molecule has 1 N–H and O–H groups in total. The molecule has 0 aliphatic rings. The first-order chi connectivity index (χ1) is 8.81. The van der Waals surface area contributed by atoms with Gasteiger partial charge in [0, 0.05) is 24.3 Å². The zero-order chi connectivity index (χ0) is 12.8. The maximum absolute atomic E-state index is 4.34. The molecule has 2 heterocycles. The van der Waals surface area contributed by atoms with Crippen molar-refractivity contribution in [2.75, 3.05) is 11.5 Å². The quantitative estimate of drug-likeness (QED) is 0.779. The molecule has 0 radical (unpaired) electrons. The number of nitrogens with zero attached hydrogens (tertiary/aromatic N) is 2. The van der Waals surface area contributed by atoms with E-state index in [1.165, 1.54) is 29.0 Å². The van der Waals surface area contributed by atoms with E-state index in [0.717, 1.165) is 6.54 Å². The van der Waals surface area contributed by atoms with Crippen molar-refractivity contribution in [1.82, 2.24) is 14.9 Å². The smallest absolute Gasteiger partial charge is 0.0706 e. The number of hydrogen-bond acceptors (Lipinski definition) is 3. The van der Waals surface area contributed by atoms with E-state index < -0.39 is 0 Å². The lowest BCUT2D eigenvalue weighted by atomic mass is 10.2. The third-order valence-corrected chi connectivity index (χ3v) is 3.98. The lowest BCUT2D eigenvalue weighted by molar-refractivity contribution is 0.538. The summed E-state index contributed by atoms with van der Waals surface area (Å²) >= 11 is 2.01. The van der Waals surface area contributed by atoms with E-state index >= 15 is 0 Å². The van der Waals surface area contributed by atoms with E-state index in [9.17, 15) is 0 Å². The second-order valence-corrected chi connectivity index (χ2v) is 5.86. The van der Waals surface area contributed by atoms with Crippen LogP contribution in [-0.4, -0.2) is 27.2 Å². The van der Waals surface area contributed by atoms with Gasteiger partial charge in [-0.1, -0.05) is 13.0 Å². The Balaban J connectivity index is 1.86. The van der Waals surface area contributed by atoms with Crippen LogP contribution in [0.2, 0.25) is 0 Å². The first-order valence-electron chi connectivity index (χ1n) is 6.53. The van der Waals surface area contributed by atoms with Gasteiger partial charge in [0.1, 0.15) is 0 Å². The zero-order valence-corrected chi connectivity index (χ0v) is 11.9. The van der Waals surface area contributed by atoms with Crippen molar-refractivity contribution in [2.24, 2.45) is 0 Å². The fourth-order valence-electron chi connectivity index (χ4n) is 1.91. The van der Waals surface area contributed by atoms with Gasteiger partial charge in [-0.15, -0.1) is 0 Å². The van der Waals surface area contributed by atoms with Crippen LogP contribution in [0.3, 0.4) is 0 Å². The van der Waals surface area contributed by atoms with Crippen molar-refractivity contribution in [2.45, 2.75) is 32.9 Å². The second-order valence-electron chi connectivity index (χ2n) is 4.47. The Morgan fingerprint density at radius 1 is 1.44 bits per heavy atom. The van der Waals surface area contributed by atoms with E-state index in [4.69, 9.17) is 0 Å². The highest BCUT2D eigenvalue weighted by Gasteiger charge is 2.05. The van der Waals surface area contributed by atoms with Crippen LogP contribution >= 0.6 is 11.8 Å². The Morgan fingerprint density at radius 3 is 3.17 bits per heavy atom. The third kappa shape index (κ3) is 3.50. The van der Waals surface area contributed by atoms with Gasteiger partial charge >= 0.3 is 0 Å². The predicted molar refractivity (Wildman–Crippen MR) is 79.1 cm³/mol. The normalized spacial score (nSPS) is 13.0. The van der Waals surface area contributed by atoms with Gasteiger partial charge in [0.05, 0.1) is 11.7 Å². The zero-order valence-electron chi connectivity index (χ0n) is 11.1. The molecule has 0 spiro atoms. The SMILES string of the molecule is CCSCCC(C)NCc1cnn2ccccc12. The molecule has 2 aromatic rings. The number of aromatic nitrogens is 2. The van der Waals surface area contributed by atoms with Gasteiger partial charge in [-0.05, 0) is 37.0 Å². The molecule has 3 nitrogen and oxygen atoms in total. The molecule has 2 aromatic heterocycles. The van der Waals surface area contributed by atoms with Crippen molar-refractivity contribution in [3.05, 3.63) is 36.2 Å². The molecule has 2 rings (SSSR count). The molecular formula is C14H21N3S. The van der Waals surface area contributed by atoms with Crippen LogP contribution in [0.1, 0.15) is 25.8 Å². The Labute approximate surface area is 113 Å². The van der Waals surface area contributed by atoms with E-state index in [0.29, 0.717) is 6.04 Å². The first-order valence-corrected chi connectivity index (χ1v) is 7.69. The molecule has 0 amide bonds. The van der Waals surface area contributed by atoms with Crippen LogP contribution in [0.4, 0.5) is 0 Å². The molecule has 0 saturated heterocycles. The molecule has 0 bridgehead atoms. The van der Waals surface area contributed by atoms with Crippen LogP contribution in [0.5, 0.6) is 0 Å². The van der Waals surface area contributed by atoms with E-state index in [1.54, 1.807) is 0 Å². The van der Waals surface area contributed by atoms with E-state index in [1.807, 2.05) is 34.7 Å². The van der Waals surface area contributed by atoms with E-state index in [-0.39, 0.29) is 0 Å². The van der Waals surface area contributed by atoms with Crippen molar-refractivity contribution < 1.29 is 0 Å². The molecule has 0 fully saturated rings. The molecule has 98 valence electrons. The van der Waals surface area contributed by atoms with Gasteiger partial charge in [0.15, 0.2) is 0 Å². The maximum Gasteiger partial charge on any atom is 0.0706 e.